The summed E-state index contributed by atoms with van der Waals surface area (Å²) in [5.74, 6) is 1.43. The quantitative estimate of drug-likeness (QED) is 0.738. The van der Waals surface area contributed by atoms with Gasteiger partial charge in [0.25, 0.3) is 0 Å². The van der Waals surface area contributed by atoms with Crippen LogP contribution < -0.4 is 0 Å². The summed E-state index contributed by atoms with van der Waals surface area (Å²) in [6, 6.07) is 13.4. The molecule has 1 saturated heterocycles. The van der Waals surface area contributed by atoms with Crippen LogP contribution in [0.15, 0.2) is 41.8 Å². The van der Waals surface area contributed by atoms with Crippen molar-refractivity contribution in [3.05, 3.63) is 57.8 Å². The molecule has 98 valence electrons. The zero-order chi connectivity index (χ0) is 12.7. The first-order valence-electron chi connectivity index (χ1n) is 7.14. The molecule has 1 fully saturated rings. The average molecular weight is 270 g/mol. The molecular weight excluding hydrogens is 252 g/mol. The third-order valence-corrected chi connectivity index (χ3v) is 5.61. The summed E-state index contributed by atoms with van der Waals surface area (Å²) in [6.07, 6.45) is 3.98. The van der Waals surface area contributed by atoms with E-state index >= 15 is 0 Å². The maximum absolute atomic E-state index is 6.12. The molecule has 0 bridgehead atoms. The van der Waals surface area contributed by atoms with Crippen molar-refractivity contribution in [3.8, 4) is 0 Å². The smallest absolute Gasteiger partial charge is 0.0922 e. The van der Waals surface area contributed by atoms with E-state index in [1.807, 2.05) is 11.3 Å². The first-order chi connectivity index (χ1) is 9.42. The first kappa shape index (κ1) is 11.7. The molecule has 2 aliphatic rings. The van der Waals surface area contributed by atoms with Crippen LogP contribution in [0.2, 0.25) is 0 Å². The van der Waals surface area contributed by atoms with Gasteiger partial charge in [-0.3, -0.25) is 0 Å². The number of fused-ring (bicyclic) bond motifs is 3. The second-order valence-corrected chi connectivity index (χ2v) is 6.66. The Kier molecular flexibility index (Phi) is 2.93. The lowest BCUT2D eigenvalue weighted by Crippen LogP contribution is -2.31. The molecular formula is C17H18OS. The van der Waals surface area contributed by atoms with Gasteiger partial charge in [-0.1, -0.05) is 30.3 Å². The Hall–Kier alpha value is -1.12. The van der Waals surface area contributed by atoms with E-state index in [4.69, 9.17) is 4.74 Å². The topological polar surface area (TPSA) is 9.23 Å². The molecule has 1 aromatic heterocycles. The molecule has 1 aromatic carbocycles. The standard InChI is InChI=1S/C17H18OS/c1-2-5-14-12(4-1)7-8-13-11-18-16(10-15(13)14)17-6-3-9-19-17/h1-6,9,13,15-16H,7-8,10-11H2/t13-,15-,16-/m1/s1. The van der Waals surface area contributed by atoms with E-state index in [9.17, 15) is 0 Å². The number of aryl methyl sites for hydroxylation is 1. The van der Waals surface area contributed by atoms with Crippen LogP contribution in [0, 0.1) is 5.92 Å². The number of thiophene rings is 1. The van der Waals surface area contributed by atoms with E-state index in [-0.39, 0.29) is 0 Å². The minimum absolute atomic E-state index is 0.312. The van der Waals surface area contributed by atoms with Crippen molar-refractivity contribution in [3.63, 3.8) is 0 Å². The fourth-order valence-corrected chi connectivity index (χ4v) is 4.44. The monoisotopic (exact) mass is 270 g/mol. The molecule has 0 radical (unpaired) electrons. The van der Waals surface area contributed by atoms with Gasteiger partial charge in [-0.05, 0) is 53.7 Å². The molecule has 0 N–H and O–H groups in total. The van der Waals surface area contributed by atoms with Crippen molar-refractivity contribution in [2.24, 2.45) is 5.92 Å². The van der Waals surface area contributed by atoms with Gasteiger partial charge in [-0.25, -0.2) is 0 Å². The summed E-state index contributed by atoms with van der Waals surface area (Å²) < 4.78 is 6.12. The van der Waals surface area contributed by atoms with E-state index in [0.29, 0.717) is 12.0 Å². The molecule has 19 heavy (non-hydrogen) atoms. The van der Waals surface area contributed by atoms with Crippen molar-refractivity contribution in [1.29, 1.82) is 0 Å². The van der Waals surface area contributed by atoms with Crippen LogP contribution in [0.3, 0.4) is 0 Å². The highest BCUT2D eigenvalue weighted by atomic mass is 32.1. The van der Waals surface area contributed by atoms with E-state index < -0.39 is 0 Å². The third-order valence-electron chi connectivity index (χ3n) is 4.65. The number of benzene rings is 1. The van der Waals surface area contributed by atoms with Crippen LogP contribution in [-0.4, -0.2) is 6.61 Å². The highest BCUT2D eigenvalue weighted by molar-refractivity contribution is 7.10. The third kappa shape index (κ3) is 2.03. The van der Waals surface area contributed by atoms with Crippen LogP contribution in [0.25, 0.3) is 0 Å². The van der Waals surface area contributed by atoms with Crippen molar-refractivity contribution >= 4 is 11.3 Å². The summed E-state index contributed by atoms with van der Waals surface area (Å²) in [5, 5.41) is 2.15. The number of hydrogen-bond donors (Lipinski definition) is 0. The van der Waals surface area contributed by atoms with E-state index in [1.165, 1.54) is 17.7 Å². The van der Waals surface area contributed by atoms with Gasteiger partial charge in [0.05, 0.1) is 12.7 Å². The molecule has 2 heterocycles. The zero-order valence-corrected chi connectivity index (χ0v) is 11.7. The SMILES string of the molecule is c1csc([C@H]2C[C@H]3c4ccccc4CC[C@@H]3CO2)c1. The largest absolute Gasteiger partial charge is 0.372 e. The van der Waals surface area contributed by atoms with Crippen molar-refractivity contribution < 1.29 is 4.74 Å². The maximum atomic E-state index is 6.12. The molecule has 1 aliphatic carbocycles. The molecule has 0 unspecified atom stereocenters. The fraction of sp³-hybridized carbons (Fsp3) is 0.412. The van der Waals surface area contributed by atoms with Crippen LogP contribution in [-0.2, 0) is 11.2 Å². The second-order valence-electron chi connectivity index (χ2n) is 5.68. The summed E-state index contributed by atoms with van der Waals surface area (Å²) in [7, 11) is 0. The van der Waals surface area contributed by atoms with Crippen LogP contribution in [0.1, 0.15) is 40.9 Å². The molecule has 0 amide bonds. The Morgan fingerprint density at radius 2 is 2.05 bits per heavy atom. The highest BCUT2D eigenvalue weighted by Crippen LogP contribution is 2.46. The van der Waals surface area contributed by atoms with Gasteiger partial charge < -0.3 is 4.74 Å². The number of hydrogen-bond acceptors (Lipinski definition) is 2. The van der Waals surface area contributed by atoms with Gasteiger partial charge in [0.15, 0.2) is 0 Å². The molecule has 0 saturated carbocycles. The van der Waals surface area contributed by atoms with E-state index in [2.05, 4.69) is 41.8 Å². The van der Waals surface area contributed by atoms with Gasteiger partial charge in [-0.15, -0.1) is 11.3 Å². The minimum atomic E-state index is 0.312. The summed E-state index contributed by atoms with van der Waals surface area (Å²) in [4.78, 5) is 1.39. The van der Waals surface area contributed by atoms with Crippen molar-refractivity contribution in [1.82, 2.24) is 0 Å². The summed E-state index contributed by atoms with van der Waals surface area (Å²) in [5.41, 5.74) is 3.15. The van der Waals surface area contributed by atoms with Gasteiger partial charge in [0.2, 0.25) is 0 Å². The van der Waals surface area contributed by atoms with E-state index in [1.54, 1.807) is 11.1 Å². The van der Waals surface area contributed by atoms with Gasteiger partial charge >= 0.3 is 0 Å². The predicted molar refractivity (Wildman–Crippen MR) is 78.6 cm³/mol. The molecule has 0 spiro atoms. The van der Waals surface area contributed by atoms with Crippen molar-refractivity contribution in [2.45, 2.75) is 31.3 Å². The number of ether oxygens (including phenoxy) is 1. The average Bonchev–Trinajstić information content (AvgIpc) is 3.01. The van der Waals surface area contributed by atoms with Crippen LogP contribution >= 0.6 is 11.3 Å². The van der Waals surface area contributed by atoms with Crippen molar-refractivity contribution in [2.75, 3.05) is 6.61 Å². The molecule has 3 atom stereocenters. The Bertz CT molecular complexity index is 560. The highest BCUT2D eigenvalue weighted by Gasteiger charge is 2.36. The minimum Gasteiger partial charge on any atom is -0.372 e. The lowest BCUT2D eigenvalue weighted by Gasteiger charge is -2.40. The molecule has 2 aromatic rings. The zero-order valence-electron chi connectivity index (χ0n) is 10.9. The molecule has 4 rings (SSSR count). The predicted octanol–water partition coefficient (Wildman–Crippen LogP) is 4.56. The second kappa shape index (κ2) is 4.77. The van der Waals surface area contributed by atoms with Gasteiger partial charge in [-0.2, -0.15) is 0 Å². The summed E-state index contributed by atoms with van der Waals surface area (Å²) in [6.45, 7) is 0.932. The summed E-state index contributed by atoms with van der Waals surface area (Å²) >= 11 is 1.83. The Morgan fingerprint density at radius 1 is 1.11 bits per heavy atom. The Morgan fingerprint density at radius 3 is 2.95 bits per heavy atom. The lowest BCUT2D eigenvalue weighted by molar-refractivity contribution is -0.0322. The molecule has 1 nitrogen and oxygen atoms in total. The van der Waals surface area contributed by atoms with Gasteiger partial charge in [0, 0.05) is 4.88 Å². The first-order valence-corrected chi connectivity index (χ1v) is 8.02. The van der Waals surface area contributed by atoms with Crippen LogP contribution in [0.4, 0.5) is 0 Å². The molecule has 1 aliphatic heterocycles. The lowest BCUT2D eigenvalue weighted by atomic mass is 9.71. The number of rotatable bonds is 1. The molecule has 2 heteroatoms. The fourth-order valence-electron chi connectivity index (χ4n) is 3.65. The Labute approximate surface area is 118 Å². The Balaban J connectivity index is 1.65. The van der Waals surface area contributed by atoms with Gasteiger partial charge in [0.1, 0.15) is 0 Å². The van der Waals surface area contributed by atoms with Crippen LogP contribution in [0.5, 0.6) is 0 Å². The normalized spacial score (nSPS) is 29.6. The van der Waals surface area contributed by atoms with E-state index in [0.717, 1.165) is 18.9 Å². The maximum Gasteiger partial charge on any atom is 0.0922 e.